The van der Waals surface area contributed by atoms with Crippen LogP contribution in [0.1, 0.15) is 24.5 Å². The molecule has 0 radical (unpaired) electrons. The molecule has 1 aliphatic heterocycles. The Morgan fingerprint density at radius 2 is 1.83 bits per heavy atom. The Hall–Kier alpha value is -0.540. The molecular formula is C17H29Cl3N4. The van der Waals surface area contributed by atoms with E-state index in [2.05, 4.69) is 29.8 Å². The number of nitrogens with zero attached hydrogens (tertiary/aromatic N) is 3. The standard InChI is InChI=1S/C17H26N4.3ClH/c1-14-13-20(2)9-10-21(14)8-7-17(19)11-15-3-5-16(12-18)6-4-15;;;/h3-6,14,17H,7-11,13,19H2,1-2H3;3*1H/t14-,17+;;;/m1.../s1. The van der Waals surface area contributed by atoms with E-state index in [1.165, 1.54) is 5.56 Å². The summed E-state index contributed by atoms with van der Waals surface area (Å²) in [7, 11) is 2.18. The molecule has 0 saturated carbocycles. The van der Waals surface area contributed by atoms with E-state index in [9.17, 15) is 0 Å². The van der Waals surface area contributed by atoms with Crippen LogP contribution in [0.15, 0.2) is 24.3 Å². The zero-order valence-electron chi connectivity index (χ0n) is 14.4. The molecule has 0 unspecified atom stereocenters. The SMILES string of the molecule is C[C@@H]1CN(C)CCN1CC[C@H](N)Cc1ccc(C#N)cc1.Cl.Cl.Cl. The van der Waals surface area contributed by atoms with Gasteiger partial charge in [0, 0.05) is 38.3 Å². The summed E-state index contributed by atoms with van der Waals surface area (Å²) in [6.45, 7) is 6.80. The van der Waals surface area contributed by atoms with Crippen molar-refractivity contribution in [1.82, 2.24) is 9.80 Å². The van der Waals surface area contributed by atoms with Gasteiger partial charge in [-0.1, -0.05) is 12.1 Å². The summed E-state index contributed by atoms with van der Waals surface area (Å²) in [5, 5.41) is 8.80. The Bertz CT molecular complexity index is 490. The van der Waals surface area contributed by atoms with Crippen molar-refractivity contribution in [3.05, 3.63) is 35.4 Å². The van der Waals surface area contributed by atoms with Crippen LogP contribution in [0.3, 0.4) is 0 Å². The van der Waals surface area contributed by atoms with Gasteiger partial charge in [-0.3, -0.25) is 4.90 Å². The summed E-state index contributed by atoms with van der Waals surface area (Å²) in [6.07, 6.45) is 1.90. The largest absolute Gasteiger partial charge is 0.327 e. The van der Waals surface area contributed by atoms with Gasteiger partial charge in [0.15, 0.2) is 0 Å². The third kappa shape index (κ3) is 8.02. The fourth-order valence-electron chi connectivity index (χ4n) is 2.96. The molecule has 1 aromatic carbocycles. The Balaban J connectivity index is 0. The highest BCUT2D eigenvalue weighted by Crippen LogP contribution is 2.11. The number of likely N-dealkylation sites (N-methyl/N-ethyl adjacent to an activating group) is 1. The summed E-state index contributed by atoms with van der Waals surface area (Å²) < 4.78 is 0. The molecule has 24 heavy (non-hydrogen) atoms. The van der Waals surface area contributed by atoms with Crippen LogP contribution in [-0.4, -0.2) is 55.1 Å². The van der Waals surface area contributed by atoms with Crippen LogP contribution in [0.2, 0.25) is 0 Å². The molecule has 2 rings (SSSR count). The molecular weight excluding hydrogens is 367 g/mol. The first-order valence-corrected chi connectivity index (χ1v) is 7.75. The second kappa shape index (κ2) is 12.8. The number of rotatable bonds is 5. The second-order valence-corrected chi connectivity index (χ2v) is 6.21. The number of hydrogen-bond acceptors (Lipinski definition) is 4. The van der Waals surface area contributed by atoms with Crippen molar-refractivity contribution in [3.63, 3.8) is 0 Å². The molecule has 1 fully saturated rings. The molecule has 0 spiro atoms. The Morgan fingerprint density at radius 3 is 2.38 bits per heavy atom. The van der Waals surface area contributed by atoms with Crippen LogP contribution >= 0.6 is 37.2 Å². The fourth-order valence-corrected chi connectivity index (χ4v) is 2.96. The molecule has 0 amide bonds. The normalized spacial score (nSPS) is 19.2. The van der Waals surface area contributed by atoms with Crippen molar-refractivity contribution >= 4 is 37.2 Å². The topological polar surface area (TPSA) is 56.3 Å². The first kappa shape index (κ1) is 25.7. The van der Waals surface area contributed by atoms with Crippen molar-refractivity contribution in [2.75, 3.05) is 33.2 Å². The zero-order valence-corrected chi connectivity index (χ0v) is 16.8. The lowest BCUT2D eigenvalue weighted by Gasteiger charge is -2.38. The van der Waals surface area contributed by atoms with Crippen molar-refractivity contribution in [1.29, 1.82) is 5.26 Å². The summed E-state index contributed by atoms with van der Waals surface area (Å²) in [6, 6.07) is 10.7. The minimum absolute atomic E-state index is 0. The third-order valence-corrected chi connectivity index (χ3v) is 4.34. The average Bonchev–Trinajstić information content (AvgIpc) is 2.47. The van der Waals surface area contributed by atoms with E-state index >= 15 is 0 Å². The van der Waals surface area contributed by atoms with Crippen LogP contribution in [0.25, 0.3) is 0 Å². The number of piperazine rings is 1. The van der Waals surface area contributed by atoms with E-state index < -0.39 is 0 Å². The molecule has 0 aromatic heterocycles. The third-order valence-electron chi connectivity index (χ3n) is 4.34. The van der Waals surface area contributed by atoms with Gasteiger partial charge in [0.05, 0.1) is 11.6 Å². The molecule has 0 bridgehead atoms. The van der Waals surface area contributed by atoms with E-state index in [1.807, 2.05) is 24.3 Å². The van der Waals surface area contributed by atoms with Crippen LogP contribution < -0.4 is 5.73 Å². The molecule has 1 aliphatic rings. The quantitative estimate of drug-likeness (QED) is 0.833. The van der Waals surface area contributed by atoms with Gasteiger partial charge in [-0.25, -0.2) is 0 Å². The van der Waals surface area contributed by atoms with E-state index in [4.69, 9.17) is 11.0 Å². The van der Waals surface area contributed by atoms with E-state index in [-0.39, 0.29) is 43.3 Å². The van der Waals surface area contributed by atoms with Crippen molar-refractivity contribution in [2.24, 2.45) is 5.73 Å². The fraction of sp³-hybridized carbons (Fsp3) is 0.588. The van der Waals surface area contributed by atoms with Crippen LogP contribution in [0, 0.1) is 11.3 Å². The summed E-state index contributed by atoms with van der Waals surface area (Å²) >= 11 is 0. The van der Waals surface area contributed by atoms with Crippen LogP contribution in [0.5, 0.6) is 0 Å². The van der Waals surface area contributed by atoms with Gasteiger partial charge < -0.3 is 10.6 Å². The first-order chi connectivity index (χ1) is 10.1. The molecule has 2 N–H and O–H groups in total. The van der Waals surface area contributed by atoms with Gasteiger partial charge in [-0.2, -0.15) is 5.26 Å². The molecule has 0 aliphatic carbocycles. The summed E-state index contributed by atoms with van der Waals surface area (Å²) in [4.78, 5) is 4.93. The Labute approximate surface area is 164 Å². The first-order valence-electron chi connectivity index (χ1n) is 7.75. The van der Waals surface area contributed by atoms with Crippen molar-refractivity contribution in [2.45, 2.75) is 31.8 Å². The highest BCUT2D eigenvalue weighted by molar-refractivity contribution is 5.86. The van der Waals surface area contributed by atoms with Crippen LogP contribution in [-0.2, 0) is 6.42 Å². The molecule has 4 nitrogen and oxygen atoms in total. The maximum atomic E-state index is 8.80. The minimum Gasteiger partial charge on any atom is -0.327 e. The molecule has 2 atom stereocenters. The molecule has 138 valence electrons. The molecule has 1 saturated heterocycles. The van der Waals surface area contributed by atoms with E-state index in [1.54, 1.807) is 0 Å². The van der Waals surface area contributed by atoms with E-state index in [0.29, 0.717) is 11.6 Å². The highest BCUT2D eigenvalue weighted by Gasteiger charge is 2.21. The zero-order chi connectivity index (χ0) is 15.2. The second-order valence-electron chi connectivity index (χ2n) is 6.21. The number of nitrogens with two attached hydrogens (primary N) is 1. The van der Waals surface area contributed by atoms with Crippen LogP contribution in [0.4, 0.5) is 0 Å². The number of nitriles is 1. The predicted octanol–water partition coefficient (Wildman–Crippen LogP) is 2.72. The number of hydrogen-bond donors (Lipinski definition) is 1. The maximum Gasteiger partial charge on any atom is 0.0991 e. The Morgan fingerprint density at radius 1 is 1.21 bits per heavy atom. The Kier molecular flexibility index (Phi) is 13.7. The van der Waals surface area contributed by atoms with Crippen molar-refractivity contribution in [3.8, 4) is 6.07 Å². The lowest BCUT2D eigenvalue weighted by Crippen LogP contribution is -2.51. The van der Waals surface area contributed by atoms with Gasteiger partial charge in [-0.15, -0.1) is 37.2 Å². The molecule has 1 heterocycles. The summed E-state index contributed by atoms with van der Waals surface area (Å²) in [5.41, 5.74) is 8.19. The highest BCUT2D eigenvalue weighted by atomic mass is 35.5. The molecule has 1 aromatic rings. The van der Waals surface area contributed by atoms with Gasteiger partial charge in [0.2, 0.25) is 0 Å². The predicted molar refractivity (Wildman–Crippen MR) is 108 cm³/mol. The number of halogens is 3. The van der Waals surface area contributed by atoms with Crippen molar-refractivity contribution < 1.29 is 0 Å². The average molecular weight is 396 g/mol. The van der Waals surface area contributed by atoms with E-state index in [0.717, 1.165) is 39.0 Å². The smallest absolute Gasteiger partial charge is 0.0991 e. The molecule has 7 heteroatoms. The van der Waals surface area contributed by atoms with Gasteiger partial charge in [0.1, 0.15) is 0 Å². The van der Waals surface area contributed by atoms with Gasteiger partial charge in [-0.05, 0) is 44.5 Å². The lowest BCUT2D eigenvalue weighted by atomic mass is 10.0. The van der Waals surface area contributed by atoms with Gasteiger partial charge >= 0.3 is 0 Å². The minimum atomic E-state index is 0. The number of benzene rings is 1. The maximum absolute atomic E-state index is 8.80. The lowest BCUT2D eigenvalue weighted by molar-refractivity contribution is 0.0973. The monoisotopic (exact) mass is 394 g/mol. The summed E-state index contributed by atoms with van der Waals surface area (Å²) in [5.74, 6) is 0. The van der Waals surface area contributed by atoms with Gasteiger partial charge in [0.25, 0.3) is 0 Å².